The Morgan fingerprint density at radius 2 is 1.14 bits per heavy atom. The summed E-state index contributed by atoms with van der Waals surface area (Å²) < 4.78 is 0. The van der Waals surface area contributed by atoms with Crippen LogP contribution in [0.3, 0.4) is 0 Å². The van der Waals surface area contributed by atoms with Gasteiger partial charge in [-0.15, -0.1) is 0 Å². The summed E-state index contributed by atoms with van der Waals surface area (Å²) in [6.07, 6.45) is 5.54. The molecule has 7 heavy (non-hydrogen) atoms. The molecule has 0 unspecified atom stereocenters. The molecule has 0 aromatic rings. The zero-order valence-corrected chi connectivity index (χ0v) is 4.83. The summed E-state index contributed by atoms with van der Waals surface area (Å²) in [6, 6.07) is 0. The van der Waals surface area contributed by atoms with E-state index in [0.717, 1.165) is 0 Å². The van der Waals surface area contributed by atoms with Crippen molar-refractivity contribution in [2.45, 2.75) is 39.5 Å². The fraction of sp³-hybridized carbons (Fsp3) is 1.00. The minimum absolute atomic E-state index is 0. The van der Waals surface area contributed by atoms with E-state index < -0.39 is 0 Å². The zero-order valence-electron chi connectivity index (χ0n) is 4.83. The van der Waals surface area contributed by atoms with Crippen LogP contribution in [0.4, 0.5) is 0 Å². The van der Waals surface area contributed by atoms with Crippen LogP contribution in [-0.4, -0.2) is 18.9 Å². The predicted octanol–water partition coefficient (Wildman–Crippen LogP) is 1.94. The minimum atomic E-state index is 0. The fourth-order valence-electron chi connectivity index (χ4n) is 0.500. The standard InChI is InChI=1S/C6H14.Li.H/c1-3-5-6-4-2;;/h3-6H2,1-2H3;;. The Bertz CT molecular complexity index is 16.1. The SMILES string of the molecule is CCCCCC.[LiH]. The molecule has 0 amide bonds. The van der Waals surface area contributed by atoms with Crippen molar-refractivity contribution in [3.63, 3.8) is 0 Å². The van der Waals surface area contributed by atoms with Crippen LogP contribution < -0.4 is 0 Å². The first-order valence-corrected chi connectivity index (χ1v) is 2.91. The van der Waals surface area contributed by atoms with Crippen LogP contribution in [0, 0.1) is 0 Å². The topological polar surface area (TPSA) is 0 Å². The van der Waals surface area contributed by atoms with Crippen molar-refractivity contribution in [1.82, 2.24) is 0 Å². The van der Waals surface area contributed by atoms with Gasteiger partial charge < -0.3 is 0 Å². The summed E-state index contributed by atoms with van der Waals surface area (Å²) in [6.45, 7) is 4.46. The maximum atomic E-state index is 2.23. The summed E-state index contributed by atoms with van der Waals surface area (Å²) in [5, 5.41) is 0. The molecule has 0 nitrogen and oxygen atoms in total. The monoisotopic (exact) mass is 94.1 g/mol. The molecule has 40 valence electrons. The zero-order chi connectivity index (χ0) is 4.83. The van der Waals surface area contributed by atoms with Crippen molar-refractivity contribution in [3.05, 3.63) is 0 Å². The van der Waals surface area contributed by atoms with Gasteiger partial charge in [-0.3, -0.25) is 0 Å². The number of rotatable bonds is 3. The molecule has 0 aromatic heterocycles. The molecule has 0 aliphatic rings. The van der Waals surface area contributed by atoms with E-state index in [4.69, 9.17) is 0 Å². The van der Waals surface area contributed by atoms with Crippen molar-refractivity contribution in [2.75, 3.05) is 0 Å². The Kier molecular flexibility index (Phi) is 14.7. The third kappa shape index (κ3) is 10.8. The van der Waals surface area contributed by atoms with Gasteiger partial charge in [0.25, 0.3) is 0 Å². The second-order valence-corrected chi connectivity index (χ2v) is 1.71. The van der Waals surface area contributed by atoms with Crippen LogP contribution in [0.5, 0.6) is 0 Å². The summed E-state index contributed by atoms with van der Waals surface area (Å²) >= 11 is 0. The average molecular weight is 94.1 g/mol. The molecule has 0 saturated heterocycles. The number of hydrogen-bond acceptors (Lipinski definition) is 0. The Morgan fingerprint density at radius 1 is 0.857 bits per heavy atom. The Balaban J connectivity index is 0. The summed E-state index contributed by atoms with van der Waals surface area (Å²) in [4.78, 5) is 0. The van der Waals surface area contributed by atoms with E-state index in [1.54, 1.807) is 0 Å². The van der Waals surface area contributed by atoms with Gasteiger partial charge in [-0.2, -0.15) is 0 Å². The molecule has 1 heteroatoms. The van der Waals surface area contributed by atoms with E-state index >= 15 is 0 Å². The van der Waals surface area contributed by atoms with Gasteiger partial charge in [-0.05, 0) is 0 Å². The van der Waals surface area contributed by atoms with E-state index in [1.807, 2.05) is 0 Å². The molecule has 0 rings (SSSR count). The van der Waals surface area contributed by atoms with E-state index in [0.29, 0.717) is 0 Å². The second kappa shape index (κ2) is 9.78. The van der Waals surface area contributed by atoms with Crippen LogP contribution in [0.25, 0.3) is 0 Å². The van der Waals surface area contributed by atoms with Crippen LogP contribution in [0.1, 0.15) is 39.5 Å². The molecule has 0 radical (unpaired) electrons. The van der Waals surface area contributed by atoms with Crippen LogP contribution in [-0.2, 0) is 0 Å². The van der Waals surface area contributed by atoms with Gasteiger partial charge in [0.05, 0.1) is 0 Å². The Hall–Kier alpha value is 0.597. The van der Waals surface area contributed by atoms with Gasteiger partial charge in [-0.25, -0.2) is 0 Å². The Morgan fingerprint density at radius 3 is 1.29 bits per heavy atom. The molecule has 0 bridgehead atoms. The molecule has 0 atom stereocenters. The quantitative estimate of drug-likeness (QED) is 0.370. The third-order valence-corrected chi connectivity index (χ3v) is 0.957. The summed E-state index contributed by atoms with van der Waals surface area (Å²) in [5.74, 6) is 0. The predicted molar refractivity (Wildman–Crippen MR) is 37.0 cm³/mol. The van der Waals surface area contributed by atoms with E-state index in [-0.39, 0.29) is 18.9 Å². The normalized spacial score (nSPS) is 7.71. The second-order valence-electron chi connectivity index (χ2n) is 1.71. The van der Waals surface area contributed by atoms with E-state index in [9.17, 15) is 0 Å². The molecule has 0 aliphatic carbocycles. The van der Waals surface area contributed by atoms with Crippen LogP contribution in [0.15, 0.2) is 0 Å². The molecule has 0 heterocycles. The van der Waals surface area contributed by atoms with Crippen molar-refractivity contribution < 1.29 is 0 Å². The molecule has 0 spiro atoms. The van der Waals surface area contributed by atoms with Crippen molar-refractivity contribution >= 4 is 18.9 Å². The Labute approximate surface area is 58.9 Å². The average Bonchev–Trinajstić information content (AvgIpc) is 1.61. The number of unbranched alkanes of at least 4 members (excludes halogenated alkanes) is 3. The van der Waals surface area contributed by atoms with Crippen molar-refractivity contribution in [2.24, 2.45) is 0 Å². The maximum absolute atomic E-state index is 2.23. The first-order chi connectivity index (χ1) is 2.91. The van der Waals surface area contributed by atoms with E-state index in [1.165, 1.54) is 25.7 Å². The summed E-state index contributed by atoms with van der Waals surface area (Å²) in [7, 11) is 0. The molecule has 0 aromatic carbocycles. The number of hydrogen-bond donors (Lipinski definition) is 0. The van der Waals surface area contributed by atoms with Gasteiger partial charge in [-0.1, -0.05) is 39.5 Å². The first-order valence-electron chi connectivity index (χ1n) is 2.91. The third-order valence-electron chi connectivity index (χ3n) is 0.957. The fourth-order valence-corrected chi connectivity index (χ4v) is 0.500. The van der Waals surface area contributed by atoms with Crippen LogP contribution >= 0.6 is 0 Å². The van der Waals surface area contributed by atoms with Gasteiger partial charge in [0, 0.05) is 0 Å². The van der Waals surface area contributed by atoms with Crippen LogP contribution in [0.2, 0.25) is 0 Å². The molecule has 0 aliphatic heterocycles. The van der Waals surface area contributed by atoms with Crippen molar-refractivity contribution in [3.8, 4) is 0 Å². The molecule has 0 saturated carbocycles. The van der Waals surface area contributed by atoms with Gasteiger partial charge in [0.1, 0.15) is 0 Å². The van der Waals surface area contributed by atoms with Gasteiger partial charge in [0.2, 0.25) is 0 Å². The van der Waals surface area contributed by atoms with Crippen molar-refractivity contribution in [1.29, 1.82) is 0 Å². The van der Waals surface area contributed by atoms with E-state index in [2.05, 4.69) is 13.8 Å². The van der Waals surface area contributed by atoms with Gasteiger partial charge in [0.15, 0.2) is 0 Å². The first kappa shape index (κ1) is 10.6. The summed E-state index contributed by atoms with van der Waals surface area (Å²) in [5.41, 5.74) is 0. The van der Waals surface area contributed by atoms with Gasteiger partial charge >= 0.3 is 18.9 Å². The molecule has 0 fully saturated rings. The molecular weight excluding hydrogens is 79.0 g/mol. The molecular formula is C6H15Li. The molecule has 0 N–H and O–H groups in total.